The number of piperidine rings is 1. The van der Waals surface area contributed by atoms with Crippen LogP contribution in [-0.4, -0.2) is 48.8 Å². The molecule has 1 fully saturated rings. The van der Waals surface area contributed by atoms with E-state index in [-0.39, 0.29) is 11.8 Å². The van der Waals surface area contributed by atoms with Crippen LogP contribution >= 0.6 is 0 Å². The average molecular weight is 366 g/mol. The summed E-state index contributed by atoms with van der Waals surface area (Å²) in [4.78, 5) is 23.7. The normalized spacial score (nSPS) is 17.3. The second-order valence-corrected chi connectivity index (χ2v) is 6.95. The lowest BCUT2D eigenvalue weighted by Crippen LogP contribution is -2.39. The van der Waals surface area contributed by atoms with Gasteiger partial charge in [-0.05, 0) is 31.9 Å². The Hall–Kier alpha value is -3.03. The van der Waals surface area contributed by atoms with Crippen molar-refractivity contribution in [1.29, 1.82) is 0 Å². The molecule has 0 radical (unpaired) electrons. The van der Waals surface area contributed by atoms with Gasteiger partial charge in [0.05, 0.1) is 0 Å². The van der Waals surface area contributed by atoms with Gasteiger partial charge in [-0.25, -0.2) is 4.98 Å². The highest BCUT2D eigenvalue weighted by atomic mass is 16.5. The van der Waals surface area contributed by atoms with Crippen LogP contribution in [0, 0.1) is 13.8 Å². The molecular weight excluding hydrogens is 344 g/mol. The monoisotopic (exact) mass is 366 g/mol. The van der Waals surface area contributed by atoms with Crippen molar-refractivity contribution in [3.05, 3.63) is 47.4 Å². The third-order valence-electron chi connectivity index (χ3n) is 4.97. The summed E-state index contributed by atoms with van der Waals surface area (Å²) in [6, 6.07) is 7.49. The molecule has 1 amide bonds. The average Bonchev–Trinajstić information content (AvgIpc) is 3.27. The lowest BCUT2D eigenvalue weighted by atomic mass is 9.96. The van der Waals surface area contributed by atoms with E-state index in [1.807, 2.05) is 43.1 Å². The number of hydrogen-bond donors (Lipinski definition) is 0. The van der Waals surface area contributed by atoms with Gasteiger partial charge in [-0.15, -0.1) is 0 Å². The molecule has 3 heterocycles. The lowest BCUT2D eigenvalue weighted by Gasteiger charge is -2.31. The van der Waals surface area contributed by atoms with Gasteiger partial charge >= 0.3 is 0 Å². The number of rotatable bonds is 3. The van der Waals surface area contributed by atoms with E-state index in [0.717, 1.165) is 30.8 Å². The van der Waals surface area contributed by atoms with Crippen LogP contribution in [0.5, 0.6) is 0 Å². The number of carbonyl (C=O) groups is 1. The van der Waals surface area contributed by atoms with Gasteiger partial charge in [-0.1, -0.05) is 17.3 Å². The smallest absolute Gasteiger partial charge is 0.253 e. The predicted octanol–water partition coefficient (Wildman–Crippen LogP) is 2.50. The summed E-state index contributed by atoms with van der Waals surface area (Å²) in [6.07, 6.45) is 1.88. The van der Waals surface area contributed by atoms with Crippen molar-refractivity contribution in [2.45, 2.75) is 32.6 Å². The molecule has 0 bridgehead atoms. The lowest BCUT2D eigenvalue weighted by molar-refractivity contribution is 0.0703. The van der Waals surface area contributed by atoms with Gasteiger partial charge in [0.25, 0.3) is 5.91 Å². The number of hydrogen-bond acceptors (Lipinski definition) is 6. The molecular formula is C19H22N6O2. The fraction of sp³-hybridized carbons (Fsp3) is 0.421. The molecule has 0 aliphatic carbocycles. The van der Waals surface area contributed by atoms with E-state index in [9.17, 15) is 4.79 Å². The molecule has 1 unspecified atom stereocenters. The van der Waals surface area contributed by atoms with E-state index in [2.05, 4.69) is 20.2 Å². The van der Waals surface area contributed by atoms with Gasteiger partial charge in [0, 0.05) is 44.1 Å². The summed E-state index contributed by atoms with van der Waals surface area (Å²) >= 11 is 0. The van der Waals surface area contributed by atoms with E-state index >= 15 is 0 Å². The van der Waals surface area contributed by atoms with Crippen LogP contribution in [0.3, 0.4) is 0 Å². The molecule has 1 aromatic carbocycles. The Balaban J connectivity index is 1.54. The molecule has 8 heteroatoms. The van der Waals surface area contributed by atoms with Gasteiger partial charge in [0.1, 0.15) is 5.82 Å². The highest BCUT2D eigenvalue weighted by Gasteiger charge is 2.28. The second kappa shape index (κ2) is 6.94. The fourth-order valence-corrected chi connectivity index (χ4v) is 3.41. The number of nitrogens with zero attached hydrogens (tertiary/aromatic N) is 6. The molecule has 2 aromatic heterocycles. The van der Waals surface area contributed by atoms with Crippen molar-refractivity contribution in [3.63, 3.8) is 0 Å². The molecule has 140 valence electrons. The Morgan fingerprint density at radius 1 is 1.26 bits per heavy atom. The number of aryl methyl sites for hydroxylation is 3. The first-order chi connectivity index (χ1) is 13.0. The van der Waals surface area contributed by atoms with E-state index in [4.69, 9.17) is 4.52 Å². The molecule has 0 saturated carbocycles. The quantitative estimate of drug-likeness (QED) is 0.707. The van der Waals surface area contributed by atoms with Crippen LogP contribution in [0.2, 0.25) is 0 Å². The molecule has 4 rings (SSSR count). The Morgan fingerprint density at radius 2 is 2.11 bits per heavy atom. The molecule has 0 N–H and O–H groups in total. The minimum absolute atomic E-state index is 0.00872. The van der Waals surface area contributed by atoms with E-state index in [0.29, 0.717) is 29.6 Å². The van der Waals surface area contributed by atoms with Gasteiger partial charge in [-0.3, -0.25) is 9.48 Å². The maximum atomic E-state index is 13.1. The summed E-state index contributed by atoms with van der Waals surface area (Å²) < 4.78 is 6.82. The Bertz CT molecular complexity index is 957. The van der Waals surface area contributed by atoms with Crippen LogP contribution in [0.1, 0.15) is 46.7 Å². The first-order valence-corrected chi connectivity index (χ1v) is 9.09. The maximum Gasteiger partial charge on any atom is 0.253 e. The number of benzene rings is 1. The zero-order chi connectivity index (χ0) is 19.0. The molecule has 27 heavy (non-hydrogen) atoms. The van der Waals surface area contributed by atoms with E-state index in [1.54, 1.807) is 11.6 Å². The molecule has 8 nitrogen and oxygen atoms in total. The zero-order valence-electron chi connectivity index (χ0n) is 15.7. The molecule has 1 aliphatic heterocycles. The number of amides is 1. The maximum absolute atomic E-state index is 13.1. The van der Waals surface area contributed by atoms with Crippen molar-refractivity contribution in [1.82, 2.24) is 29.8 Å². The number of likely N-dealkylation sites (tertiary alicyclic amines) is 1. The molecule has 1 atom stereocenters. The fourth-order valence-electron chi connectivity index (χ4n) is 3.41. The summed E-state index contributed by atoms with van der Waals surface area (Å²) in [7, 11) is 1.86. The standard InChI is InChI=1S/C19H22N6O2/c1-12-20-17(22-24(12)3)14-6-4-7-15(10-14)19(26)25-9-5-8-16(11-25)18-21-13(2)27-23-18/h4,6-7,10,16H,5,8-9,11H2,1-3H3. The van der Waals surface area contributed by atoms with Crippen LogP contribution in [0.25, 0.3) is 11.4 Å². The summed E-state index contributed by atoms with van der Waals surface area (Å²) in [5.74, 6) is 2.82. The van der Waals surface area contributed by atoms with Crippen LogP contribution < -0.4 is 0 Å². The van der Waals surface area contributed by atoms with Gasteiger partial charge in [0.2, 0.25) is 5.89 Å². The molecule has 0 spiro atoms. The Labute approximate surface area is 157 Å². The van der Waals surface area contributed by atoms with Crippen LogP contribution in [-0.2, 0) is 7.05 Å². The van der Waals surface area contributed by atoms with Crippen molar-refractivity contribution in [2.24, 2.45) is 7.05 Å². The third-order valence-corrected chi connectivity index (χ3v) is 4.97. The minimum Gasteiger partial charge on any atom is -0.340 e. The predicted molar refractivity (Wildman–Crippen MR) is 98.1 cm³/mol. The van der Waals surface area contributed by atoms with Gasteiger partial charge in [0.15, 0.2) is 11.6 Å². The van der Waals surface area contributed by atoms with Crippen molar-refractivity contribution >= 4 is 5.91 Å². The first-order valence-electron chi connectivity index (χ1n) is 9.09. The summed E-state index contributed by atoms with van der Waals surface area (Å²) in [6.45, 7) is 5.01. The van der Waals surface area contributed by atoms with Gasteiger partial charge in [-0.2, -0.15) is 10.1 Å². The first kappa shape index (κ1) is 17.4. The Morgan fingerprint density at radius 3 is 2.81 bits per heavy atom. The molecule has 1 saturated heterocycles. The minimum atomic E-state index is 0.00872. The van der Waals surface area contributed by atoms with Crippen LogP contribution in [0.4, 0.5) is 0 Å². The highest BCUT2D eigenvalue weighted by molar-refractivity contribution is 5.95. The number of carbonyl (C=O) groups excluding carboxylic acids is 1. The van der Waals surface area contributed by atoms with Gasteiger partial charge < -0.3 is 9.42 Å². The van der Waals surface area contributed by atoms with Crippen molar-refractivity contribution in [2.75, 3.05) is 13.1 Å². The van der Waals surface area contributed by atoms with E-state index < -0.39 is 0 Å². The third kappa shape index (κ3) is 3.47. The van der Waals surface area contributed by atoms with Crippen molar-refractivity contribution in [3.8, 4) is 11.4 Å². The molecule has 1 aliphatic rings. The topological polar surface area (TPSA) is 89.9 Å². The second-order valence-electron chi connectivity index (χ2n) is 6.95. The summed E-state index contributed by atoms with van der Waals surface area (Å²) in [5.41, 5.74) is 1.48. The summed E-state index contributed by atoms with van der Waals surface area (Å²) in [5, 5.41) is 8.43. The van der Waals surface area contributed by atoms with Crippen molar-refractivity contribution < 1.29 is 9.32 Å². The highest BCUT2D eigenvalue weighted by Crippen LogP contribution is 2.26. The Kier molecular flexibility index (Phi) is 4.47. The van der Waals surface area contributed by atoms with Crippen LogP contribution in [0.15, 0.2) is 28.8 Å². The SMILES string of the molecule is Cc1nc(C2CCCN(C(=O)c3cccc(-c4nc(C)n(C)n4)c3)C2)no1. The molecule has 3 aromatic rings. The largest absolute Gasteiger partial charge is 0.340 e. The zero-order valence-corrected chi connectivity index (χ0v) is 15.7. The van der Waals surface area contributed by atoms with E-state index in [1.165, 1.54) is 0 Å². The number of aromatic nitrogens is 5.